The Morgan fingerprint density at radius 2 is 2.47 bits per heavy atom. The van der Waals surface area contributed by atoms with E-state index in [1.165, 1.54) is 0 Å². The van der Waals surface area contributed by atoms with E-state index >= 15 is 0 Å². The molecule has 5 heteroatoms. The average Bonchev–Trinajstić information content (AvgIpc) is 2.60. The Labute approximate surface area is 88.8 Å². The molecule has 5 nitrogen and oxygen atoms in total. The number of hydrogen-bond acceptors (Lipinski definition) is 5. The Morgan fingerprint density at radius 1 is 1.60 bits per heavy atom. The Balaban J connectivity index is 1.75. The zero-order valence-electron chi connectivity index (χ0n) is 8.86. The summed E-state index contributed by atoms with van der Waals surface area (Å²) in [7, 11) is 0. The van der Waals surface area contributed by atoms with Gasteiger partial charge >= 0.3 is 6.08 Å². The quantitative estimate of drug-likeness (QED) is 0.711. The smallest absolute Gasteiger partial charge is 0.394 e. The molecule has 1 aliphatic rings. The van der Waals surface area contributed by atoms with Crippen LogP contribution in [0.25, 0.3) is 0 Å². The first kappa shape index (κ1) is 10.4. The van der Waals surface area contributed by atoms with Gasteiger partial charge in [-0.2, -0.15) is 4.98 Å². The van der Waals surface area contributed by atoms with Crippen LogP contribution in [0.2, 0.25) is 0 Å². The van der Waals surface area contributed by atoms with Crippen molar-refractivity contribution in [2.24, 2.45) is 0 Å². The van der Waals surface area contributed by atoms with E-state index in [9.17, 15) is 0 Å². The second kappa shape index (κ2) is 5.14. The van der Waals surface area contributed by atoms with E-state index < -0.39 is 0 Å². The molecule has 0 bridgehead atoms. The van der Waals surface area contributed by atoms with Gasteiger partial charge in [0.05, 0.1) is 18.9 Å². The summed E-state index contributed by atoms with van der Waals surface area (Å²) >= 11 is 0. The van der Waals surface area contributed by atoms with Crippen LogP contribution >= 0.6 is 0 Å². The molecule has 0 aromatic carbocycles. The van der Waals surface area contributed by atoms with Gasteiger partial charge in [-0.15, -0.1) is 0 Å². The standard InChI is InChI=1S/C10H16N2O3/c1-2-3-11-4-8-5-14-10(12-8)15-9-6-13-7-9/h5,9,11H,2-4,6-7H2,1H3. The Hall–Kier alpha value is -1.07. The predicted octanol–water partition coefficient (Wildman–Crippen LogP) is 0.952. The lowest BCUT2D eigenvalue weighted by Crippen LogP contribution is -2.38. The van der Waals surface area contributed by atoms with Gasteiger partial charge < -0.3 is 19.2 Å². The van der Waals surface area contributed by atoms with Crippen LogP contribution in [-0.2, 0) is 11.3 Å². The maximum absolute atomic E-state index is 5.41. The summed E-state index contributed by atoms with van der Waals surface area (Å²) in [4.78, 5) is 4.20. The summed E-state index contributed by atoms with van der Waals surface area (Å²) in [5.74, 6) is 0. The zero-order valence-corrected chi connectivity index (χ0v) is 8.86. The first-order chi connectivity index (χ1) is 7.38. The van der Waals surface area contributed by atoms with Gasteiger partial charge in [0.1, 0.15) is 6.26 Å². The van der Waals surface area contributed by atoms with Crippen LogP contribution in [0.1, 0.15) is 19.0 Å². The topological polar surface area (TPSA) is 56.5 Å². The minimum atomic E-state index is 0.111. The molecule has 1 aromatic rings. The van der Waals surface area contributed by atoms with E-state index in [1.54, 1.807) is 6.26 Å². The van der Waals surface area contributed by atoms with Crippen LogP contribution in [-0.4, -0.2) is 30.8 Å². The number of aromatic nitrogens is 1. The van der Waals surface area contributed by atoms with Crippen molar-refractivity contribution in [3.63, 3.8) is 0 Å². The number of ether oxygens (including phenoxy) is 2. The van der Waals surface area contributed by atoms with Gasteiger partial charge in [0.15, 0.2) is 6.10 Å². The second-order valence-corrected chi connectivity index (χ2v) is 3.56. The van der Waals surface area contributed by atoms with Gasteiger partial charge in [0.2, 0.25) is 0 Å². The molecule has 0 amide bonds. The maximum Gasteiger partial charge on any atom is 0.394 e. The summed E-state index contributed by atoms with van der Waals surface area (Å²) < 4.78 is 15.6. The van der Waals surface area contributed by atoms with Crippen molar-refractivity contribution in [1.29, 1.82) is 0 Å². The molecule has 1 aromatic heterocycles. The van der Waals surface area contributed by atoms with E-state index in [0.29, 0.717) is 19.3 Å². The molecule has 0 spiro atoms. The Morgan fingerprint density at radius 3 is 3.13 bits per heavy atom. The molecule has 1 fully saturated rings. The molecule has 2 rings (SSSR count). The molecule has 1 aliphatic heterocycles. The van der Waals surface area contributed by atoms with Crippen LogP contribution in [0.15, 0.2) is 10.7 Å². The molecule has 0 saturated carbocycles. The molecule has 15 heavy (non-hydrogen) atoms. The van der Waals surface area contributed by atoms with Gasteiger partial charge in [-0.1, -0.05) is 6.92 Å². The normalized spacial score (nSPS) is 16.3. The van der Waals surface area contributed by atoms with Gasteiger partial charge in [-0.3, -0.25) is 0 Å². The van der Waals surface area contributed by atoms with Crippen molar-refractivity contribution in [3.05, 3.63) is 12.0 Å². The molecule has 0 atom stereocenters. The maximum atomic E-state index is 5.41. The van der Waals surface area contributed by atoms with Gasteiger partial charge in [-0.25, -0.2) is 0 Å². The van der Waals surface area contributed by atoms with Gasteiger partial charge in [-0.05, 0) is 13.0 Å². The number of nitrogens with one attached hydrogen (secondary N) is 1. The summed E-state index contributed by atoms with van der Waals surface area (Å²) in [5.41, 5.74) is 0.874. The molecule has 1 saturated heterocycles. The highest BCUT2D eigenvalue weighted by Gasteiger charge is 2.22. The highest BCUT2D eigenvalue weighted by molar-refractivity contribution is 5.00. The fourth-order valence-electron chi connectivity index (χ4n) is 1.24. The fourth-order valence-corrected chi connectivity index (χ4v) is 1.24. The van der Waals surface area contributed by atoms with Gasteiger partial charge in [0, 0.05) is 6.54 Å². The lowest BCUT2D eigenvalue weighted by Gasteiger charge is -2.24. The molecular weight excluding hydrogens is 196 g/mol. The van der Waals surface area contributed by atoms with E-state index in [1.807, 2.05) is 0 Å². The SMILES string of the molecule is CCCNCc1coc(OC2COC2)n1. The second-order valence-electron chi connectivity index (χ2n) is 3.56. The number of hydrogen-bond donors (Lipinski definition) is 1. The van der Waals surface area contributed by atoms with E-state index in [0.717, 1.165) is 25.2 Å². The third kappa shape index (κ3) is 2.94. The highest BCUT2D eigenvalue weighted by Crippen LogP contribution is 2.15. The van der Waals surface area contributed by atoms with Crippen LogP contribution in [0.4, 0.5) is 0 Å². The molecule has 1 N–H and O–H groups in total. The lowest BCUT2D eigenvalue weighted by molar-refractivity contribution is -0.0894. The average molecular weight is 212 g/mol. The van der Waals surface area contributed by atoms with Crippen molar-refractivity contribution in [2.75, 3.05) is 19.8 Å². The van der Waals surface area contributed by atoms with Crippen molar-refractivity contribution >= 4 is 0 Å². The molecule has 0 aliphatic carbocycles. The molecule has 0 radical (unpaired) electrons. The largest absolute Gasteiger partial charge is 0.442 e. The summed E-state index contributed by atoms with van der Waals surface area (Å²) in [6.45, 7) is 5.10. The molecule has 2 heterocycles. The van der Waals surface area contributed by atoms with Crippen molar-refractivity contribution < 1.29 is 13.9 Å². The predicted molar refractivity (Wildman–Crippen MR) is 53.7 cm³/mol. The van der Waals surface area contributed by atoms with E-state index in [2.05, 4.69) is 17.2 Å². The van der Waals surface area contributed by atoms with Crippen LogP contribution in [0.5, 0.6) is 6.08 Å². The van der Waals surface area contributed by atoms with Crippen LogP contribution < -0.4 is 10.1 Å². The minimum Gasteiger partial charge on any atom is -0.442 e. The Kier molecular flexibility index (Phi) is 3.58. The molecule has 84 valence electrons. The van der Waals surface area contributed by atoms with Crippen LogP contribution in [0, 0.1) is 0 Å². The minimum absolute atomic E-state index is 0.111. The van der Waals surface area contributed by atoms with E-state index in [-0.39, 0.29) is 6.10 Å². The fraction of sp³-hybridized carbons (Fsp3) is 0.700. The first-order valence-corrected chi connectivity index (χ1v) is 5.28. The third-order valence-electron chi connectivity index (χ3n) is 2.14. The highest BCUT2D eigenvalue weighted by atomic mass is 16.6. The molecule has 0 unspecified atom stereocenters. The van der Waals surface area contributed by atoms with Gasteiger partial charge in [0.25, 0.3) is 0 Å². The van der Waals surface area contributed by atoms with Crippen LogP contribution in [0.3, 0.4) is 0 Å². The van der Waals surface area contributed by atoms with Crippen molar-refractivity contribution in [1.82, 2.24) is 10.3 Å². The third-order valence-corrected chi connectivity index (χ3v) is 2.14. The number of nitrogens with zero attached hydrogens (tertiary/aromatic N) is 1. The molecular formula is C10H16N2O3. The Bertz CT molecular complexity index is 297. The van der Waals surface area contributed by atoms with Crippen molar-refractivity contribution in [3.8, 4) is 6.08 Å². The monoisotopic (exact) mass is 212 g/mol. The lowest BCUT2D eigenvalue weighted by atomic mass is 10.3. The van der Waals surface area contributed by atoms with E-state index in [4.69, 9.17) is 13.9 Å². The zero-order chi connectivity index (χ0) is 10.5. The summed E-state index contributed by atoms with van der Waals surface area (Å²) in [6, 6.07) is 0. The summed E-state index contributed by atoms with van der Waals surface area (Å²) in [5, 5.41) is 3.24. The number of oxazole rings is 1. The number of rotatable bonds is 6. The summed E-state index contributed by atoms with van der Waals surface area (Å²) in [6.07, 6.45) is 3.19. The van der Waals surface area contributed by atoms with Crippen molar-refractivity contribution in [2.45, 2.75) is 26.0 Å². The first-order valence-electron chi connectivity index (χ1n) is 5.28.